The third kappa shape index (κ3) is 17.0. The van der Waals surface area contributed by atoms with Gasteiger partial charge in [0.25, 0.3) is 0 Å². The van der Waals surface area contributed by atoms with Crippen LogP contribution in [0, 0.1) is 0 Å². The first-order valence-electron chi connectivity index (χ1n) is 4.92. The van der Waals surface area contributed by atoms with Crippen molar-refractivity contribution >= 4 is 11.9 Å². The molecule has 0 unspecified atom stereocenters. The predicted molar refractivity (Wildman–Crippen MR) is 64.5 cm³/mol. The Labute approximate surface area is 102 Å². The van der Waals surface area contributed by atoms with Gasteiger partial charge < -0.3 is 14.2 Å². The van der Waals surface area contributed by atoms with Crippen LogP contribution >= 0.6 is 0 Å². The molecule has 0 N–H and O–H groups in total. The Bertz CT molecular complexity index is 250. The molecule has 0 saturated carbocycles. The second kappa shape index (κ2) is 10.9. The summed E-state index contributed by atoms with van der Waals surface area (Å²) in [5.74, 6) is -0.694. The number of hydrogen-bond donors (Lipinski definition) is 0. The molecule has 0 bridgehead atoms. The first-order chi connectivity index (χ1) is 7.86. The molecule has 17 heavy (non-hydrogen) atoms. The Morgan fingerprint density at radius 1 is 0.941 bits per heavy atom. The first kappa shape index (κ1) is 17.8. The van der Waals surface area contributed by atoms with E-state index in [0.717, 1.165) is 13.2 Å². The Balaban J connectivity index is 0. The van der Waals surface area contributed by atoms with Gasteiger partial charge in [-0.2, -0.15) is 0 Å². The van der Waals surface area contributed by atoms with E-state index in [0.29, 0.717) is 11.1 Å². The second-order valence-corrected chi connectivity index (χ2v) is 3.16. The lowest BCUT2D eigenvalue weighted by Gasteiger charge is -1.91. The van der Waals surface area contributed by atoms with Crippen LogP contribution in [-0.4, -0.2) is 39.4 Å². The molecule has 0 radical (unpaired) electrons. The normalized spacial score (nSPS) is 10.6. The zero-order valence-corrected chi connectivity index (χ0v) is 10.9. The Hall–Kier alpha value is -1.62. The van der Waals surface area contributed by atoms with Gasteiger partial charge in [-0.3, -0.25) is 0 Å². The Morgan fingerprint density at radius 2 is 1.18 bits per heavy atom. The number of esters is 2. The standard InChI is InChI=1S/2C5H8O2.C2H4O/c2*1-4(2)5(6)7-3;1-2-3-1/h2*1H2,2-3H3;1-2H2. The summed E-state index contributed by atoms with van der Waals surface area (Å²) in [6.07, 6.45) is 0. The van der Waals surface area contributed by atoms with Gasteiger partial charge in [0.1, 0.15) is 0 Å². The molecule has 1 aliphatic rings. The highest BCUT2D eigenvalue weighted by atomic mass is 16.6. The number of carbonyl (C=O) groups is 2. The lowest BCUT2D eigenvalue weighted by Crippen LogP contribution is -1.98. The van der Waals surface area contributed by atoms with Crippen molar-refractivity contribution < 1.29 is 23.8 Å². The quantitative estimate of drug-likeness (QED) is 0.418. The lowest BCUT2D eigenvalue weighted by molar-refractivity contribution is -0.136. The second-order valence-electron chi connectivity index (χ2n) is 3.16. The molecule has 0 aromatic carbocycles. The van der Waals surface area contributed by atoms with Crippen molar-refractivity contribution in [3.8, 4) is 0 Å². The molecule has 1 aliphatic heterocycles. The summed E-state index contributed by atoms with van der Waals surface area (Å²) in [5, 5.41) is 0. The summed E-state index contributed by atoms with van der Waals surface area (Å²) in [6.45, 7) is 11.9. The van der Waals surface area contributed by atoms with E-state index in [1.54, 1.807) is 13.8 Å². The molecule has 0 amide bonds. The van der Waals surface area contributed by atoms with Crippen molar-refractivity contribution in [1.29, 1.82) is 0 Å². The minimum atomic E-state index is -0.347. The molecule has 1 heterocycles. The van der Waals surface area contributed by atoms with Crippen molar-refractivity contribution in [3.05, 3.63) is 24.3 Å². The van der Waals surface area contributed by atoms with Gasteiger partial charge in [-0.1, -0.05) is 13.2 Å². The van der Waals surface area contributed by atoms with Crippen molar-refractivity contribution in [2.45, 2.75) is 13.8 Å². The smallest absolute Gasteiger partial charge is 0.332 e. The third-order valence-corrected chi connectivity index (χ3v) is 1.27. The predicted octanol–water partition coefficient (Wildman–Crippen LogP) is 1.49. The van der Waals surface area contributed by atoms with Crippen LogP contribution in [0.2, 0.25) is 0 Å². The van der Waals surface area contributed by atoms with Crippen LogP contribution in [0.1, 0.15) is 13.8 Å². The fourth-order valence-corrected chi connectivity index (χ4v) is 0.348. The number of methoxy groups -OCH3 is 2. The molecule has 0 aliphatic carbocycles. The monoisotopic (exact) mass is 244 g/mol. The van der Waals surface area contributed by atoms with Gasteiger partial charge in [0.2, 0.25) is 0 Å². The van der Waals surface area contributed by atoms with Gasteiger partial charge in [-0.15, -0.1) is 0 Å². The topological polar surface area (TPSA) is 65.1 Å². The molecule has 1 saturated heterocycles. The lowest BCUT2D eigenvalue weighted by atomic mass is 10.4. The van der Waals surface area contributed by atoms with Gasteiger partial charge >= 0.3 is 11.9 Å². The van der Waals surface area contributed by atoms with Crippen molar-refractivity contribution in [2.75, 3.05) is 27.4 Å². The van der Waals surface area contributed by atoms with Crippen LogP contribution < -0.4 is 0 Å². The number of hydrogen-bond acceptors (Lipinski definition) is 5. The van der Waals surface area contributed by atoms with E-state index in [2.05, 4.69) is 27.4 Å². The van der Waals surface area contributed by atoms with Gasteiger partial charge in [0, 0.05) is 11.1 Å². The van der Waals surface area contributed by atoms with E-state index in [-0.39, 0.29) is 11.9 Å². The number of rotatable bonds is 2. The summed E-state index contributed by atoms with van der Waals surface area (Å²) in [4.78, 5) is 20.4. The largest absolute Gasteiger partial charge is 0.466 e. The average molecular weight is 244 g/mol. The molecule has 1 fully saturated rings. The average Bonchev–Trinajstić information content (AvgIpc) is 3.14. The van der Waals surface area contributed by atoms with Gasteiger partial charge in [0.05, 0.1) is 27.4 Å². The van der Waals surface area contributed by atoms with Gasteiger partial charge in [0.15, 0.2) is 0 Å². The summed E-state index contributed by atoms with van der Waals surface area (Å²) in [6, 6.07) is 0. The van der Waals surface area contributed by atoms with Crippen molar-refractivity contribution in [2.24, 2.45) is 0 Å². The fraction of sp³-hybridized carbons (Fsp3) is 0.500. The molecule has 1 rings (SSSR count). The molecule has 0 aromatic rings. The molecule has 98 valence electrons. The summed E-state index contributed by atoms with van der Waals surface area (Å²) in [7, 11) is 2.66. The highest BCUT2D eigenvalue weighted by Crippen LogP contribution is 1.87. The van der Waals surface area contributed by atoms with Crippen molar-refractivity contribution in [3.63, 3.8) is 0 Å². The molecular weight excluding hydrogens is 224 g/mol. The molecule has 0 atom stereocenters. The molecule has 0 aromatic heterocycles. The van der Waals surface area contributed by atoms with E-state index in [1.165, 1.54) is 14.2 Å². The van der Waals surface area contributed by atoms with E-state index in [4.69, 9.17) is 0 Å². The summed E-state index contributed by atoms with van der Waals surface area (Å²) >= 11 is 0. The SMILES string of the molecule is C1CO1.C=C(C)C(=O)OC.C=C(C)C(=O)OC. The van der Waals surface area contributed by atoms with Crippen LogP contribution in [0.4, 0.5) is 0 Å². The number of carbonyl (C=O) groups excluding carboxylic acids is 2. The maximum Gasteiger partial charge on any atom is 0.332 e. The van der Waals surface area contributed by atoms with E-state index in [1.807, 2.05) is 0 Å². The highest BCUT2D eigenvalue weighted by molar-refractivity contribution is 5.87. The zero-order valence-electron chi connectivity index (χ0n) is 10.9. The van der Waals surface area contributed by atoms with E-state index in [9.17, 15) is 9.59 Å². The Morgan fingerprint density at radius 3 is 1.18 bits per heavy atom. The Kier molecular flexibility index (Phi) is 11.4. The number of epoxide rings is 1. The molecular formula is C12H20O5. The van der Waals surface area contributed by atoms with E-state index < -0.39 is 0 Å². The van der Waals surface area contributed by atoms with Crippen LogP contribution in [0.25, 0.3) is 0 Å². The summed E-state index contributed by atoms with van der Waals surface area (Å²) < 4.78 is 13.0. The van der Waals surface area contributed by atoms with Gasteiger partial charge in [-0.05, 0) is 13.8 Å². The first-order valence-corrected chi connectivity index (χ1v) is 4.92. The van der Waals surface area contributed by atoms with Crippen LogP contribution in [0.15, 0.2) is 24.3 Å². The molecule has 0 spiro atoms. The number of ether oxygens (including phenoxy) is 3. The van der Waals surface area contributed by atoms with Crippen LogP contribution in [0.3, 0.4) is 0 Å². The van der Waals surface area contributed by atoms with E-state index >= 15 is 0 Å². The fourth-order valence-electron chi connectivity index (χ4n) is 0.348. The minimum absolute atomic E-state index is 0.347. The highest BCUT2D eigenvalue weighted by Gasteiger charge is 1.96. The third-order valence-electron chi connectivity index (χ3n) is 1.27. The van der Waals surface area contributed by atoms with Crippen LogP contribution in [-0.2, 0) is 23.8 Å². The zero-order chi connectivity index (χ0) is 13.8. The molecule has 5 heteroatoms. The van der Waals surface area contributed by atoms with Gasteiger partial charge in [-0.25, -0.2) is 9.59 Å². The van der Waals surface area contributed by atoms with Crippen molar-refractivity contribution in [1.82, 2.24) is 0 Å². The minimum Gasteiger partial charge on any atom is -0.466 e. The summed E-state index contributed by atoms with van der Waals surface area (Å²) in [5.41, 5.74) is 0.866. The molecule has 5 nitrogen and oxygen atoms in total. The maximum atomic E-state index is 10.2. The van der Waals surface area contributed by atoms with Crippen LogP contribution in [0.5, 0.6) is 0 Å². The maximum absolute atomic E-state index is 10.2.